The first-order valence-corrected chi connectivity index (χ1v) is 11.9. The van der Waals surface area contributed by atoms with E-state index in [1.807, 2.05) is 91.0 Å². The quantitative estimate of drug-likeness (QED) is 0.251. The molecule has 5 rings (SSSR count). The number of carbonyl (C=O) groups is 1. The van der Waals surface area contributed by atoms with E-state index < -0.39 is 17.3 Å². The Balaban J connectivity index is 1.70. The van der Waals surface area contributed by atoms with Gasteiger partial charge < -0.3 is 4.74 Å². The highest BCUT2D eigenvalue weighted by atomic mass is 32.1. The standard InChI is InChI=1S/C29H25FN2O2S/c30-27-18-24(32-20-25(19-31-35)34-28(32)33)16-17-26(27)29(21-10-4-1-5-11-21,22-12-6-2-7-13-22)23-14-8-3-9-15-23/h1-18,25,31,35H,19-20H2/t25-/m1/s1. The topological polar surface area (TPSA) is 41.6 Å². The van der Waals surface area contributed by atoms with Gasteiger partial charge >= 0.3 is 6.09 Å². The van der Waals surface area contributed by atoms with Gasteiger partial charge in [0.1, 0.15) is 11.9 Å². The summed E-state index contributed by atoms with van der Waals surface area (Å²) in [6, 6.07) is 34.9. The predicted octanol–water partition coefficient (Wildman–Crippen LogP) is 5.97. The molecule has 1 N–H and O–H groups in total. The third kappa shape index (κ3) is 4.20. The fourth-order valence-electron chi connectivity index (χ4n) is 4.95. The van der Waals surface area contributed by atoms with E-state index in [0.29, 0.717) is 24.3 Å². The van der Waals surface area contributed by atoms with Gasteiger partial charge in [-0.2, -0.15) is 0 Å². The number of ether oxygens (including phenoxy) is 1. The van der Waals surface area contributed by atoms with E-state index in [0.717, 1.165) is 16.7 Å². The van der Waals surface area contributed by atoms with Crippen LogP contribution < -0.4 is 9.62 Å². The third-order valence-electron chi connectivity index (χ3n) is 6.48. The van der Waals surface area contributed by atoms with Crippen LogP contribution in [0.2, 0.25) is 0 Å². The van der Waals surface area contributed by atoms with Crippen molar-refractivity contribution in [2.75, 3.05) is 18.0 Å². The van der Waals surface area contributed by atoms with Crippen LogP contribution >= 0.6 is 12.8 Å². The molecule has 4 aromatic rings. The van der Waals surface area contributed by atoms with Gasteiger partial charge in [0.15, 0.2) is 0 Å². The van der Waals surface area contributed by atoms with Crippen LogP contribution in [-0.2, 0) is 10.2 Å². The number of halogens is 1. The smallest absolute Gasteiger partial charge is 0.414 e. The van der Waals surface area contributed by atoms with E-state index in [-0.39, 0.29) is 6.10 Å². The zero-order valence-corrected chi connectivity index (χ0v) is 19.9. The number of nitrogens with one attached hydrogen (secondary N) is 1. The van der Waals surface area contributed by atoms with Crippen molar-refractivity contribution >= 4 is 24.6 Å². The van der Waals surface area contributed by atoms with Crippen molar-refractivity contribution in [3.8, 4) is 0 Å². The maximum absolute atomic E-state index is 16.2. The molecule has 0 unspecified atom stereocenters. The summed E-state index contributed by atoms with van der Waals surface area (Å²) in [6.45, 7) is 0.734. The molecule has 0 aliphatic carbocycles. The highest BCUT2D eigenvalue weighted by molar-refractivity contribution is 7.78. The minimum Gasteiger partial charge on any atom is -0.443 e. The molecule has 4 nitrogen and oxygen atoms in total. The van der Waals surface area contributed by atoms with E-state index in [2.05, 4.69) is 17.5 Å². The minimum atomic E-state index is -0.892. The van der Waals surface area contributed by atoms with E-state index in [4.69, 9.17) is 4.74 Å². The van der Waals surface area contributed by atoms with Gasteiger partial charge in [-0.3, -0.25) is 9.62 Å². The highest BCUT2D eigenvalue weighted by Crippen LogP contribution is 2.46. The molecule has 1 atom stereocenters. The molecule has 0 radical (unpaired) electrons. The Morgan fingerprint density at radius 1 is 0.857 bits per heavy atom. The Labute approximate surface area is 209 Å². The summed E-state index contributed by atoms with van der Waals surface area (Å²) in [6.07, 6.45) is -0.842. The molecule has 0 saturated carbocycles. The van der Waals surface area contributed by atoms with Crippen molar-refractivity contribution in [1.29, 1.82) is 0 Å². The maximum atomic E-state index is 16.2. The molecule has 6 heteroatoms. The third-order valence-corrected chi connectivity index (χ3v) is 6.66. The second kappa shape index (κ2) is 9.94. The molecule has 1 fully saturated rings. The fourth-order valence-corrected chi connectivity index (χ4v) is 5.15. The Morgan fingerprint density at radius 3 is 1.83 bits per heavy atom. The Bertz CT molecular complexity index is 1210. The second-order valence-electron chi connectivity index (χ2n) is 8.49. The first-order valence-electron chi connectivity index (χ1n) is 11.5. The first kappa shape index (κ1) is 23.1. The molecule has 0 bridgehead atoms. The Hall–Kier alpha value is -3.61. The van der Waals surface area contributed by atoms with Gasteiger partial charge in [0.25, 0.3) is 0 Å². The lowest BCUT2D eigenvalue weighted by Gasteiger charge is -2.37. The molecular weight excluding hydrogens is 459 g/mol. The fraction of sp³-hybridized carbons (Fsp3) is 0.138. The van der Waals surface area contributed by atoms with Crippen LogP contribution in [-0.4, -0.2) is 25.3 Å². The van der Waals surface area contributed by atoms with Crippen molar-refractivity contribution in [3.63, 3.8) is 0 Å². The highest BCUT2D eigenvalue weighted by Gasteiger charge is 2.41. The number of hydrogen-bond donors (Lipinski definition) is 2. The van der Waals surface area contributed by atoms with Crippen molar-refractivity contribution in [2.24, 2.45) is 0 Å². The average molecular weight is 485 g/mol. The van der Waals surface area contributed by atoms with Crippen LogP contribution in [0.25, 0.3) is 0 Å². The minimum absolute atomic E-state index is 0.326. The molecular formula is C29H25FN2O2S. The monoisotopic (exact) mass is 484 g/mol. The molecule has 1 amide bonds. The average Bonchev–Trinajstić information content (AvgIpc) is 3.27. The number of benzene rings is 4. The lowest BCUT2D eigenvalue weighted by atomic mass is 9.65. The lowest BCUT2D eigenvalue weighted by molar-refractivity contribution is 0.143. The molecule has 1 aliphatic rings. The Morgan fingerprint density at radius 2 is 1.37 bits per heavy atom. The summed E-state index contributed by atoms with van der Waals surface area (Å²) in [5, 5.41) is 0. The summed E-state index contributed by atoms with van der Waals surface area (Å²) in [5.41, 5.74) is 2.92. The second-order valence-corrected chi connectivity index (χ2v) is 8.81. The number of cyclic esters (lactones) is 1. The van der Waals surface area contributed by atoms with Crippen molar-refractivity contribution in [1.82, 2.24) is 4.72 Å². The number of nitrogens with zero attached hydrogens (tertiary/aromatic N) is 1. The molecule has 1 aliphatic heterocycles. The summed E-state index contributed by atoms with van der Waals surface area (Å²) in [4.78, 5) is 13.9. The van der Waals surface area contributed by atoms with Crippen LogP contribution in [0.3, 0.4) is 0 Å². The zero-order valence-electron chi connectivity index (χ0n) is 19.0. The van der Waals surface area contributed by atoms with E-state index in [1.54, 1.807) is 12.1 Å². The van der Waals surface area contributed by atoms with Gasteiger partial charge in [-0.05, 0) is 28.8 Å². The number of amides is 1. The summed E-state index contributed by atoms with van der Waals surface area (Å²) >= 11 is 3.99. The number of rotatable bonds is 7. The normalized spacial score (nSPS) is 15.8. The number of thiol groups is 1. The van der Waals surface area contributed by atoms with Crippen LogP contribution in [0.4, 0.5) is 14.9 Å². The van der Waals surface area contributed by atoms with Gasteiger partial charge in [0, 0.05) is 12.1 Å². The molecule has 176 valence electrons. The Kier molecular flexibility index (Phi) is 6.57. The molecule has 4 aromatic carbocycles. The number of carbonyl (C=O) groups excluding carboxylic acids is 1. The van der Waals surface area contributed by atoms with E-state index in [1.165, 1.54) is 11.0 Å². The zero-order chi connectivity index (χ0) is 24.3. The van der Waals surface area contributed by atoms with Gasteiger partial charge in [0.05, 0.1) is 17.6 Å². The van der Waals surface area contributed by atoms with Crippen LogP contribution in [0, 0.1) is 5.82 Å². The molecule has 0 aromatic heterocycles. The van der Waals surface area contributed by atoms with Gasteiger partial charge in [0.2, 0.25) is 0 Å². The van der Waals surface area contributed by atoms with Crippen LogP contribution in [0.1, 0.15) is 22.3 Å². The SMILES string of the molecule is O=C1O[C@H](CNS)CN1c1ccc(C(c2ccccc2)(c2ccccc2)c2ccccc2)c(F)c1. The molecule has 1 heterocycles. The molecule has 35 heavy (non-hydrogen) atoms. The predicted molar refractivity (Wildman–Crippen MR) is 139 cm³/mol. The van der Waals surface area contributed by atoms with Crippen molar-refractivity contribution < 1.29 is 13.9 Å². The lowest BCUT2D eigenvalue weighted by Crippen LogP contribution is -2.32. The van der Waals surface area contributed by atoms with Crippen molar-refractivity contribution in [3.05, 3.63) is 137 Å². The van der Waals surface area contributed by atoms with Crippen molar-refractivity contribution in [2.45, 2.75) is 11.5 Å². The first-order chi connectivity index (χ1) is 17.1. The van der Waals surface area contributed by atoms with E-state index >= 15 is 4.39 Å². The van der Waals surface area contributed by atoms with Gasteiger partial charge in [-0.25, -0.2) is 9.18 Å². The summed E-state index contributed by atoms with van der Waals surface area (Å²) in [7, 11) is 0. The number of hydrogen-bond acceptors (Lipinski definition) is 4. The van der Waals surface area contributed by atoms with E-state index in [9.17, 15) is 4.79 Å². The summed E-state index contributed by atoms with van der Waals surface area (Å²) < 4.78 is 24.3. The maximum Gasteiger partial charge on any atom is 0.414 e. The molecule has 1 saturated heterocycles. The van der Waals surface area contributed by atoms with Gasteiger partial charge in [-0.1, -0.05) is 110 Å². The van der Waals surface area contributed by atoms with Crippen LogP contribution in [0.15, 0.2) is 109 Å². The van der Waals surface area contributed by atoms with Crippen LogP contribution in [0.5, 0.6) is 0 Å². The summed E-state index contributed by atoms with van der Waals surface area (Å²) in [5.74, 6) is -0.400. The molecule has 0 spiro atoms. The van der Waals surface area contributed by atoms with Gasteiger partial charge in [-0.15, -0.1) is 0 Å². The largest absolute Gasteiger partial charge is 0.443 e. The number of anilines is 1.